The molecule has 1 fully saturated rings. The van der Waals surface area contributed by atoms with E-state index in [2.05, 4.69) is 13.8 Å². The Balaban J connectivity index is 2.05. The van der Waals surface area contributed by atoms with Crippen LogP contribution >= 0.6 is 0 Å². The zero-order valence-electron chi connectivity index (χ0n) is 20.7. The first-order chi connectivity index (χ1) is 16.2. The molecule has 1 atom stereocenters. The Morgan fingerprint density at radius 1 is 1.03 bits per heavy atom. The molecule has 1 heterocycles. The topological polar surface area (TPSA) is 76.1 Å². The highest BCUT2D eigenvalue weighted by molar-refractivity contribution is 6.46. The summed E-state index contributed by atoms with van der Waals surface area (Å²) in [5.74, 6) is 0.205. The largest absolute Gasteiger partial charge is 0.507 e. The van der Waals surface area contributed by atoms with E-state index in [1.54, 1.807) is 23.1 Å². The Kier molecular flexibility index (Phi) is 8.37. The number of aliphatic hydroxyl groups is 1. The van der Waals surface area contributed by atoms with Crippen LogP contribution in [-0.4, -0.2) is 41.0 Å². The zero-order valence-corrected chi connectivity index (χ0v) is 20.7. The Morgan fingerprint density at radius 3 is 2.35 bits per heavy atom. The van der Waals surface area contributed by atoms with Gasteiger partial charge in [0.2, 0.25) is 0 Å². The average Bonchev–Trinajstić information content (AvgIpc) is 3.06. The van der Waals surface area contributed by atoms with Gasteiger partial charge >= 0.3 is 0 Å². The highest BCUT2D eigenvalue weighted by Gasteiger charge is 2.45. The number of carbonyl (C=O) groups excluding carboxylic acids is 2. The number of amides is 1. The Hall–Kier alpha value is -3.28. The smallest absolute Gasteiger partial charge is 0.295 e. The first-order valence-electron chi connectivity index (χ1n) is 12.0. The Morgan fingerprint density at radius 2 is 1.74 bits per heavy atom. The van der Waals surface area contributed by atoms with E-state index >= 15 is 0 Å². The molecule has 6 heteroatoms. The monoisotopic (exact) mass is 465 g/mol. The highest BCUT2D eigenvalue weighted by atomic mass is 16.5. The number of benzene rings is 2. The van der Waals surface area contributed by atoms with Crippen molar-refractivity contribution in [1.82, 2.24) is 4.90 Å². The molecule has 1 saturated heterocycles. The number of nitrogens with zero attached hydrogens (tertiary/aromatic N) is 1. The normalized spacial score (nSPS) is 17.6. The third kappa shape index (κ3) is 5.79. The second-order valence-electron chi connectivity index (χ2n) is 9.31. The molecule has 0 aromatic heterocycles. The maximum atomic E-state index is 13.1. The van der Waals surface area contributed by atoms with Crippen molar-refractivity contribution in [2.45, 2.75) is 59.6 Å². The number of hydrogen-bond donors (Lipinski definition) is 1. The molecule has 0 bridgehead atoms. The first kappa shape index (κ1) is 25.3. The highest BCUT2D eigenvalue weighted by Crippen LogP contribution is 2.40. The van der Waals surface area contributed by atoms with Gasteiger partial charge in [-0.3, -0.25) is 9.59 Å². The van der Waals surface area contributed by atoms with Crippen LogP contribution in [0.25, 0.3) is 5.76 Å². The lowest BCUT2D eigenvalue weighted by atomic mass is 9.95. The van der Waals surface area contributed by atoms with Crippen LogP contribution in [0.4, 0.5) is 0 Å². The molecule has 0 radical (unpaired) electrons. The minimum absolute atomic E-state index is 0.0335. The summed E-state index contributed by atoms with van der Waals surface area (Å²) in [6.07, 6.45) is 1.68. The van der Waals surface area contributed by atoms with Crippen molar-refractivity contribution in [2.24, 2.45) is 5.92 Å². The molecule has 0 saturated carbocycles. The Bertz CT molecular complexity index is 1040. The maximum Gasteiger partial charge on any atom is 0.295 e. The second-order valence-corrected chi connectivity index (χ2v) is 9.31. The molecule has 3 rings (SSSR count). The molecule has 1 unspecified atom stereocenters. The van der Waals surface area contributed by atoms with E-state index in [1.165, 1.54) is 0 Å². The van der Waals surface area contributed by atoms with Crippen LogP contribution in [0.5, 0.6) is 11.5 Å². The van der Waals surface area contributed by atoms with Crippen LogP contribution in [0.1, 0.15) is 64.6 Å². The summed E-state index contributed by atoms with van der Waals surface area (Å²) in [4.78, 5) is 27.7. The summed E-state index contributed by atoms with van der Waals surface area (Å²) >= 11 is 0. The lowest BCUT2D eigenvalue weighted by molar-refractivity contribution is -0.139. The third-order valence-electron chi connectivity index (χ3n) is 5.55. The molecule has 0 spiro atoms. The second kappa shape index (κ2) is 11.2. The minimum Gasteiger partial charge on any atom is -0.507 e. The minimum atomic E-state index is -0.672. The van der Waals surface area contributed by atoms with Crippen molar-refractivity contribution in [3.8, 4) is 11.5 Å². The van der Waals surface area contributed by atoms with Crippen LogP contribution in [0.3, 0.4) is 0 Å². The van der Waals surface area contributed by atoms with Gasteiger partial charge in [0.25, 0.3) is 11.7 Å². The number of ketones is 1. The van der Waals surface area contributed by atoms with Crippen molar-refractivity contribution < 1.29 is 24.2 Å². The number of carbonyl (C=O) groups is 2. The summed E-state index contributed by atoms with van der Waals surface area (Å²) in [5, 5.41) is 11.3. The van der Waals surface area contributed by atoms with Crippen molar-refractivity contribution in [1.29, 1.82) is 0 Å². The van der Waals surface area contributed by atoms with Gasteiger partial charge in [-0.25, -0.2) is 0 Å². The SMILES string of the molecule is CCCCN1C(=O)C(=O)/C(=C(\O)c2cccc(OCC(C)C)c2)C1c1ccc(OC(C)C)cc1. The molecule has 1 aliphatic rings. The summed E-state index contributed by atoms with van der Waals surface area (Å²) in [6, 6.07) is 13.7. The van der Waals surface area contributed by atoms with Crippen molar-refractivity contribution in [2.75, 3.05) is 13.2 Å². The molecule has 6 nitrogen and oxygen atoms in total. The van der Waals surface area contributed by atoms with Crippen molar-refractivity contribution in [3.63, 3.8) is 0 Å². The number of likely N-dealkylation sites (tertiary alicyclic amines) is 1. The fourth-order valence-electron chi connectivity index (χ4n) is 3.94. The first-order valence-corrected chi connectivity index (χ1v) is 12.0. The molecule has 1 amide bonds. The van der Waals surface area contributed by atoms with Gasteiger partial charge < -0.3 is 19.5 Å². The molecular weight excluding hydrogens is 430 g/mol. The third-order valence-corrected chi connectivity index (χ3v) is 5.55. The number of ether oxygens (including phenoxy) is 2. The lowest BCUT2D eigenvalue weighted by Crippen LogP contribution is -2.30. The molecule has 34 heavy (non-hydrogen) atoms. The van der Waals surface area contributed by atoms with E-state index < -0.39 is 17.7 Å². The quantitative estimate of drug-likeness (QED) is 0.275. The van der Waals surface area contributed by atoms with Crippen molar-refractivity contribution in [3.05, 3.63) is 65.2 Å². The number of aliphatic hydroxyl groups excluding tert-OH is 1. The van der Waals surface area contributed by atoms with E-state index in [9.17, 15) is 14.7 Å². The van der Waals surface area contributed by atoms with Crippen LogP contribution in [0.15, 0.2) is 54.1 Å². The molecule has 1 aliphatic heterocycles. The van der Waals surface area contributed by atoms with Crippen LogP contribution < -0.4 is 9.47 Å². The van der Waals surface area contributed by atoms with E-state index in [0.29, 0.717) is 36.1 Å². The van der Waals surface area contributed by atoms with Gasteiger partial charge in [-0.2, -0.15) is 0 Å². The molecule has 0 aliphatic carbocycles. The summed E-state index contributed by atoms with van der Waals surface area (Å²) in [5.41, 5.74) is 1.29. The summed E-state index contributed by atoms with van der Waals surface area (Å²) in [7, 11) is 0. The number of Topliss-reactive ketones (excluding diaryl/α,β-unsaturated/α-hetero) is 1. The standard InChI is InChI=1S/C28H35NO5/c1-6-7-15-29-25(20-11-13-22(14-12-20)34-19(4)5)24(27(31)28(29)32)26(30)21-9-8-10-23(16-21)33-17-18(2)3/h8-14,16,18-19,25,30H,6-7,15,17H2,1-5H3/b26-24-. The van der Waals surface area contributed by atoms with E-state index in [1.807, 2.05) is 51.1 Å². The zero-order chi connectivity index (χ0) is 24.8. The van der Waals surface area contributed by atoms with Crippen LogP contribution in [-0.2, 0) is 9.59 Å². The predicted molar refractivity (Wildman–Crippen MR) is 133 cm³/mol. The average molecular weight is 466 g/mol. The van der Waals surface area contributed by atoms with Gasteiger partial charge in [0, 0.05) is 12.1 Å². The van der Waals surface area contributed by atoms with Gasteiger partial charge in [-0.1, -0.05) is 51.5 Å². The fourth-order valence-corrected chi connectivity index (χ4v) is 3.94. The number of rotatable bonds is 10. The summed E-state index contributed by atoms with van der Waals surface area (Å²) in [6.45, 7) is 11.0. The number of hydrogen-bond acceptors (Lipinski definition) is 5. The molecule has 2 aromatic rings. The van der Waals surface area contributed by atoms with Gasteiger partial charge in [0.05, 0.1) is 24.3 Å². The Labute approximate surface area is 202 Å². The van der Waals surface area contributed by atoms with Crippen LogP contribution in [0, 0.1) is 5.92 Å². The van der Waals surface area contributed by atoms with Crippen molar-refractivity contribution >= 4 is 17.4 Å². The van der Waals surface area contributed by atoms with Gasteiger partial charge in [0.15, 0.2) is 0 Å². The van der Waals surface area contributed by atoms with E-state index in [-0.39, 0.29) is 17.4 Å². The lowest BCUT2D eigenvalue weighted by Gasteiger charge is -2.25. The fraction of sp³-hybridized carbons (Fsp3) is 0.429. The molecule has 182 valence electrons. The molecule has 2 aromatic carbocycles. The number of unbranched alkanes of at least 4 members (excludes halogenated alkanes) is 1. The van der Waals surface area contributed by atoms with Gasteiger partial charge in [-0.05, 0) is 56.0 Å². The van der Waals surface area contributed by atoms with Crippen LogP contribution in [0.2, 0.25) is 0 Å². The molecule has 1 N–H and O–H groups in total. The van der Waals surface area contributed by atoms with E-state index in [0.717, 1.165) is 18.4 Å². The molecular formula is C28H35NO5. The van der Waals surface area contributed by atoms with Gasteiger partial charge in [-0.15, -0.1) is 0 Å². The van der Waals surface area contributed by atoms with E-state index in [4.69, 9.17) is 9.47 Å². The maximum absolute atomic E-state index is 13.1. The predicted octanol–water partition coefficient (Wildman–Crippen LogP) is 5.73. The summed E-state index contributed by atoms with van der Waals surface area (Å²) < 4.78 is 11.5. The van der Waals surface area contributed by atoms with Gasteiger partial charge in [0.1, 0.15) is 17.3 Å².